The van der Waals surface area contributed by atoms with E-state index in [-0.39, 0.29) is 11.5 Å². The third-order valence-corrected chi connectivity index (χ3v) is 5.19. The van der Waals surface area contributed by atoms with Gasteiger partial charge in [0.15, 0.2) is 0 Å². The molecule has 2 saturated heterocycles. The summed E-state index contributed by atoms with van der Waals surface area (Å²) in [6.45, 7) is 3.70. The lowest BCUT2D eigenvalue weighted by molar-refractivity contribution is -0.140. The van der Waals surface area contributed by atoms with Gasteiger partial charge < -0.3 is 20.1 Å². The first-order chi connectivity index (χ1) is 11.7. The van der Waals surface area contributed by atoms with Crippen LogP contribution in [0.1, 0.15) is 36.0 Å². The predicted molar refractivity (Wildman–Crippen MR) is 93.5 cm³/mol. The molecule has 1 aromatic rings. The van der Waals surface area contributed by atoms with Crippen LogP contribution in [0.2, 0.25) is 5.02 Å². The van der Waals surface area contributed by atoms with Crippen LogP contribution in [-0.4, -0.2) is 50.5 Å². The van der Waals surface area contributed by atoms with E-state index in [0.717, 1.165) is 52.0 Å². The van der Waals surface area contributed by atoms with E-state index < -0.39 is 0 Å². The Balaban J connectivity index is 1.40. The van der Waals surface area contributed by atoms with E-state index in [0.29, 0.717) is 23.2 Å². The number of halogens is 1. The van der Waals surface area contributed by atoms with Crippen LogP contribution < -0.4 is 10.6 Å². The summed E-state index contributed by atoms with van der Waals surface area (Å²) in [4.78, 5) is 12.1. The molecule has 1 atom stereocenters. The van der Waals surface area contributed by atoms with Crippen molar-refractivity contribution in [2.75, 3.05) is 32.9 Å². The molecule has 0 unspecified atom stereocenters. The zero-order valence-electron chi connectivity index (χ0n) is 13.9. The summed E-state index contributed by atoms with van der Waals surface area (Å²) in [6, 6.07) is 7.53. The topological polar surface area (TPSA) is 59.6 Å². The highest BCUT2D eigenvalue weighted by molar-refractivity contribution is 6.33. The molecular formula is C18H25ClN2O3. The molecule has 6 heteroatoms. The Hall–Kier alpha value is -1.14. The fourth-order valence-electron chi connectivity index (χ4n) is 3.49. The fraction of sp³-hybridized carbons (Fsp3) is 0.611. The molecule has 2 N–H and O–H groups in total. The average molecular weight is 353 g/mol. The van der Waals surface area contributed by atoms with Crippen molar-refractivity contribution in [3.8, 4) is 0 Å². The molecule has 1 spiro atoms. The summed E-state index contributed by atoms with van der Waals surface area (Å²) in [5.74, 6) is -0.129. The summed E-state index contributed by atoms with van der Waals surface area (Å²) in [6.07, 6.45) is 4.00. The first kappa shape index (κ1) is 17.7. The van der Waals surface area contributed by atoms with Crippen LogP contribution in [0.25, 0.3) is 0 Å². The number of hydrogen-bond donors (Lipinski definition) is 2. The highest BCUT2D eigenvalue weighted by atomic mass is 35.5. The zero-order valence-corrected chi connectivity index (χ0v) is 14.6. The second-order valence-corrected chi connectivity index (χ2v) is 6.93. The second kappa shape index (κ2) is 8.30. The smallest absolute Gasteiger partial charge is 0.252 e. The molecule has 0 bridgehead atoms. The lowest BCUT2D eigenvalue weighted by Gasteiger charge is -2.43. The Kier molecular flexibility index (Phi) is 6.11. The van der Waals surface area contributed by atoms with Crippen molar-refractivity contribution in [1.29, 1.82) is 0 Å². The Labute approximate surface area is 148 Å². The predicted octanol–water partition coefficient (Wildman–Crippen LogP) is 2.39. The van der Waals surface area contributed by atoms with E-state index in [1.54, 1.807) is 12.1 Å². The Morgan fingerprint density at radius 2 is 2.00 bits per heavy atom. The van der Waals surface area contributed by atoms with E-state index >= 15 is 0 Å². The molecule has 5 nitrogen and oxygen atoms in total. The van der Waals surface area contributed by atoms with Crippen LogP contribution in [0.4, 0.5) is 0 Å². The quantitative estimate of drug-likeness (QED) is 0.799. The normalized spacial score (nSPS) is 23.1. The third-order valence-electron chi connectivity index (χ3n) is 4.86. The van der Waals surface area contributed by atoms with E-state index in [1.807, 2.05) is 12.1 Å². The largest absolute Gasteiger partial charge is 0.381 e. The van der Waals surface area contributed by atoms with Crippen molar-refractivity contribution in [2.24, 2.45) is 0 Å². The minimum absolute atomic E-state index is 0.00498. The van der Waals surface area contributed by atoms with Gasteiger partial charge in [-0.1, -0.05) is 23.7 Å². The molecule has 2 aliphatic heterocycles. The summed E-state index contributed by atoms with van der Waals surface area (Å²) in [7, 11) is 0. The average Bonchev–Trinajstić information content (AvgIpc) is 2.60. The summed E-state index contributed by atoms with van der Waals surface area (Å²) >= 11 is 6.04. The number of benzene rings is 1. The molecule has 0 aliphatic carbocycles. The van der Waals surface area contributed by atoms with Crippen molar-refractivity contribution in [3.63, 3.8) is 0 Å². The molecule has 24 heavy (non-hydrogen) atoms. The first-order valence-corrected chi connectivity index (χ1v) is 9.04. The first-order valence-electron chi connectivity index (χ1n) is 8.66. The van der Waals surface area contributed by atoms with Gasteiger partial charge >= 0.3 is 0 Å². The van der Waals surface area contributed by atoms with Crippen molar-refractivity contribution in [1.82, 2.24) is 10.6 Å². The van der Waals surface area contributed by atoms with Gasteiger partial charge in [-0.25, -0.2) is 0 Å². The highest BCUT2D eigenvalue weighted by Crippen LogP contribution is 2.34. The molecule has 0 aromatic heterocycles. The highest BCUT2D eigenvalue weighted by Gasteiger charge is 2.38. The van der Waals surface area contributed by atoms with Gasteiger partial charge in [0.25, 0.3) is 5.91 Å². The van der Waals surface area contributed by atoms with Crippen LogP contribution in [0, 0.1) is 0 Å². The number of amides is 1. The van der Waals surface area contributed by atoms with Crippen LogP contribution in [0.15, 0.2) is 24.3 Å². The number of nitrogens with one attached hydrogen (secondary N) is 2. The molecule has 2 aliphatic rings. The van der Waals surface area contributed by atoms with Crippen molar-refractivity contribution >= 4 is 17.5 Å². The van der Waals surface area contributed by atoms with Crippen molar-refractivity contribution in [3.05, 3.63) is 34.9 Å². The number of rotatable bonds is 5. The number of hydrogen-bond acceptors (Lipinski definition) is 4. The Morgan fingerprint density at radius 3 is 2.79 bits per heavy atom. The maximum absolute atomic E-state index is 12.1. The van der Waals surface area contributed by atoms with Gasteiger partial charge in [0, 0.05) is 39.0 Å². The minimum Gasteiger partial charge on any atom is -0.381 e. The number of carbonyl (C=O) groups is 1. The standard InChI is InChI=1S/C18H25ClN2O3/c19-16-4-2-1-3-15(16)17(22)21-9-8-20-14-5-10-24-18(13-14)6-11-23-12-7-18/h1-4,14,20H,5-13H2,(H,21,22)/t14-/m0/s1. The van der Waals surface area contributed by atoms with Crippen LogP contribution in [0.5, 0.6) is 0 Å². The zero-order chi connectivity index (χ0) is 16.8. The number of ether oxygens (including phenoxy) is 2. The van der Waals surface area contributed by atoms with E-state index in [9.17, 15) is 4.79 Å². The third kappa shape index (κ3) is 4.48. The van der Waals surface area contributed by atoms with Crippen molar-refractivity contribution < 1.29 is 14.3 Å². The van der Waals surface area contributed by atoms with Gasteiger partial charge in [0.2, 0.25) is 0 Å². The summed E-state index contributed by atoms with van der Waals surface area (Å²) in [5, 5.41) is 6.94. The maximum atomic E-state index is 12.1. The van der Waals surface area contributed by atoms with E-state index in [2.05, 4.69) is 10.6 Å². The van der Waals surface area contributed by atoms with Gasteiger partial charge in [-0.05, 0) is 37.8 Å². The molecule has 0 saturated carbocycles. The van der Waals surface area contributed by atoms with Gasteiger partial charge in [-0.3, -0.25) is 4.79 Å². The lowest BCUT2D eigenvalue weighted by atomic mass is 9.84. The van der Waals surface area contributed by atoms with Gasteiger partial charge in [0.05, 0.1) is 16.2 Å². The number of carbonyl (C=O) groups excluding carboxylic acids is 1. The molecule has 1 aromatic carbocycles. The Bertz CT molecular complexity index is 555. The fourth-order valence-corrected chi connectivity index (χ4v) is 3.71. The van der Waals surface area contributed by atoms with Crippen LogP contribution >= 0.6 is 11.6 Å². The van der Waals surface area contributed by atoms with Gasteiger partial charge in [-0.15, -0.1) is 0 Å². The minimum atomic E-state index is -0.129. The second-order valence-electron chi connectivity index (χ2n) is 6.52. The molecule has 2 heterocycles. The SMILES string of the molecule is O=C(NCCN[C@H]1CCOC2(CCOCC2)C1)c1ccccc1Cl. The Morgan fingerprint density at radius 1 is 1.21 bits per heavy atom. The maximum Gasteiger partial charge on any atom is 0.252 e. The van der Waals surface area contributed by atoms with E-state index in [1.165, 1.54) is 0 Å². The van der Waals surface area contributed by atoms with Gasteiger partial charge in [0.1, 0.15) is 0 Å². The molecule has 0 radical (unpaired) electrons. The molecule has 132 valence electrons. The summed E-state index contributed by atoms with van der Waals surface area (Å²) in [5.41, 5.74) is 0.515. The molecular weight excluding hydrogens is 328 g/mol. The molecule has 1 amide bonds. The van der Waals surface area contributed by atoms with E-state index in [4.69, 9.17) is 21.1 Å². The lowest BCUT2D eigenvalue weighted by Crippen LogP contribution is -2.50. The molecule has 3 rings (SSSR count). The van der Waals surface area contributed by atoms with Gasteiger partial charge in [-0.2, -0.15) is 0 Å². The van der Waals surface area contributed by atoms with Crippen LogP contribution in [0.3, 0.4) is 0 Å². The van der Waals surface area contributed by atoms with Crippen molar-refractivity contribution in [2.45, 2.75) is 37.3 Å². The molecule has 2 fully saturated rings. The summed E-state index contributed by atoms with van der Waals surface area (Å²) < 4.78 is 11.5. The monoisotopic (exact) mass is 352 g/mol. The van der Waals surface area contributed by atoms with Crippen LogP contribution in [-0.2, 0) is 9.47 Å².